The number of nitrogens with one attached hydrogen (secondary N) is 1. The van der Waals surface area contributed by atoms with Gasteiger partial charge in [0.2, 0.25) is 21.8 Å². The van der Waals surface area contributed by atoms with Crippen LogP contribution in [0.3, 0.4) is 0 Å². The lowest BCUT2D eigenvalue weighted by Gasteiger charge is -2.24. The number of benzene rings is 2. The third kappa shape index (κ3) is 5.84. The first kappa shape index (κ1) is 26.8. The van der Waals surface area contributed by atoms with Gasteiger partial charge in [-0.2, -0.15) is 4.31 Å². The zero-order chi connectivity index (χ0) is 26.9. The fraction of sp³-hybridized carbons (Fsp3) is 0.357. The maximum atomic E-state index is 12.5. The van der Waals surface area contributed by atoms with E-state index in [-0.39, 0.29) is 5.91 Å². The first-order valence-corrected chi connectivity index (χ1v) is 14.2. The molecule has 1 aliphatic heterocycles. The highest BCUT2D eigenvalue weighted by atomic mass is 32.2. The monoisotopic (exact) mass is 522 g/mol. The Kier molecular flexibility index (Phi) is 7.68. The van der Waals surface area contributed by atoms with Crippen molar-refractivity contribution < 1.29 is 18.0 Å². The van der Waals surface area contributed by atoms with E-state index in [1.165, 1.54) is 10.6 Å². The molecule has 0 fully saturated rings. The van der Waals surface area contributed by atoms with Crippen LogP contribution in [0.25, 0.3) is 17.2 Å². The van der Waals surface area contributed by atoms with Crippen molar-refractivity contribution in [2.75, 3.05) is 45.3 Å². The molecule has 0 aromatic heterocycles. The largest absolute Gasteiger partial charge is 0.366 e. The van der Waals surface area contributed by atoms with Crippen LogP contribution in [0.15, 0.2) is 47.6 Å². The average molecular weight is 523 g/mol. The summed E-state index contributed by atoms with van der Waals surface area (Å²) in [4.78, 5) is 26.7. The number of nitrogens with two attached hydrogens (primary N) is 1. The second-order valence-corrected chi connectivity index (χ2v) is 11.9. The van der Waals surface area contributed by atoms with Crippen molar-refractivity contribution in [3.05, 3.63) is 69.8 Å². The molecule has 2 amide bonds. The Morgan fingerprint density at radius 2 is 1.86 bits per heavy atom. The fourth-order valence-corrected chi connectivity index (χ4v) is 5.72. The van der Waals surface area contributed by atoms with Gasteiger partial charge in [0.25, 0.3) is 0 Å². The molecule has 0 unspecified atom stereocenters. The number of anilines is 1. The van der Waals surface area contributed by atoms with Crippen LogP contribution in [-0.4, -0.2) is 69.4 Å². The number of allylic oxidation sites excluding steroid dienone is 1. The Morgan fingerprint density at radius 3 is 2.49 bits per heavy atom. The van der Waals surface area contributed by atoms with E-state index in [0.29, 0.717) is 44.5 Å². The van der Waals surface area contributed by atoms with Gasteiger partial charge in [0.1, 0.15) is 0 Å². The van der Waals surface area contributed by atoms with Gasteiger partial charge in [0, 0.05) is 37.3 Å². The summed E-state index contributed by atoms with van der Waals surface area (Å²) in [7, 11) is 0.629. The highest BCUT2D eigenvalue weighted by molar-refractivity contribution is 7.88. The molecule has 0 saturated carbocycles. The van der Waals surface area contributed by atoms with E-state index in [0.717, 1.165) is 44.7 Å². The third-order valence-electron chi connectivity index (χ3n) is 7.05. The molecule has 2 aliphatic rings. The van der Waals surface area contributed by atoms with Crippen LogP contribution in [0.5, 0.6) is 0 Å². The first-order valence-electron chi connectivity index (χ1n) is 12.3. The summed E-state index contributed by atoms with van der Waals surface area (Å²) >= 11 is 0. The van der Waals surface area contributed by atoms with Gasteiger partial charge in [-0.15, -0.1) is 0 Å². The Bertz CT molecular complexity index is 1420. The number of fused-ring (bicyclic) bond motifs is 1. The highest BCUT2D eigenvalue weighted by Gasteiger charge is 2.27. The SMILES string of the molecule is Cc1c(NC(=O)CCN(C)C)cccc1-c1ccc(C(N)=O)c2c1C=C(C1=CCN(S(C)(=O)=O)CC1)C2. The van der Waals surface area contributed by atoms with Crippen molar-refractivity contribution >= 4 is 33.6 Å². The number of nitrogens with zero attached hydrogens (tertiary/aromatic N) is 2. The number of hydrogen-bond donors (Lipinski definition) is 2. The van der Waals surface area contributed by atoms with Crippen molar-refractivity contribution in [3.8, 4) is 11.1 Å². The van der Waals surface area contributed by atoms with E-state index in [2.05, 4.69) is 11.4 Å². The molecule has 2 aromatic rings. The Labute approximate surface area is 218 Å². The van der Waals surface area contributed by atoms with Crippen LogP contribution in [0.1, 0.15) is 39.9 Å². The van der Waals surface area contributed by atoms with Gasteiger partial charge in [0.05, 0.1) is 6.26 Å². The van der Waals surface area contributed by atoms with E-state index >= 15 is 0 Å². The molecule has 1 aliphatic carbocycles. The van der Waals surface area contributed by atoms with E-state index < -0.39 is 15.9 Å². The molecule has 37 heavy (non-hydrogen) atoms. The highest BCUT2D eigenvalue weighted by Crippen LogP contribution is 2.41. The first-order chi connectivity index (χ1) is 17.5. The van der Waals surface area contributed by atoms with E-state index in [1.807, 2.05) is 56.3 Å². The Balaban J connectivity index is 1.70. The van der Waals surface area contributed by atoms with Crippen LogP contribution >= 0.6 is 0 Å². The van der Waals surface area contributed by atoms with Crippen molar-refractivity contribution in [1.82, 2.24) is 9.21 Å². The molecule has 0 spiro atoms. The van der Waals surface area contributed by atoms with Gasteiger partial charge in [-0.3, -0.25) is 9.59 Å². The summed E-state index contributed by atoms with van der Waals surface area (Å²) in [5, 5.41) is 3.03. The molecule has 196 valence electrons. The number of primary amides is 1. The molecule has 0 atom stereocenters. The van der Waals surface area contributed by atoms with Crippen LogP contribution in [0.4, 0.5) is 5.69 Å². The van der Waals surface area contributed by atoms with Gasteiger partial charge in [-0.05, 0) is 85.0 Å². The van der Waals surface area contributed by atoms with Gasteiger partial charge in [-0.25, -0.2) is 8.42 Å². The third-order valence-corrected chi connectivity index (χ3v) is 8.32. The molecule has 0 saturated heterocycles. The number of amides is 2. The van der Waals surface area contributed by atoms with Crippen LogP contribution < -0.4 is 11.1 Å². The number of carbonyl (C=O) groups excluding carboxylic acids is 2. The number of carbonyl (C=O) groups is 2. The minimum atomic E-state index is -3.24. The van der Waals surface area contributed by atoms with Gasteiger partial charge < -0.3 is 16.0 Å². The molecular weight excluding hydrogens is 488 g/mol. The van der Waals surface area contributed by atoms with E-state index in [9.17, 15) is 18.0 Å². The van der Waals surface area contributed by atoms with E-state index in [1.54, 1.807) is 6.07 Å². The molecule has 2 aromatic carbocycles. The second-order valence-electron chi connectivity index (χ2n) is 9.94. The molecule has 8 nitrogen and oxygen atoms in total. The summed E-state index contributed by atoms with van der Waals surface area (Å²) in [5.74, 6) is -0.519. The molecule has 1 heterocycles. The zero-order valence-electron chi connectivity index (χ0n) is 21.8. The van der Waals surface area contributed by atoms with Gasteiger partial charge >= 0.3 is 0 Å². The summed E-state index contributed by atoms with van der Waals surface area (Å²) in [6.07, 6.45) is 6.86. The summed E-state index contributed by atoms with van der Waals surface area (Å²) in [5.41, 5.74) is 13.8. The molecule has 3 N–H and O–H groups in total. The fourth-order valence-electron chi connectivity index (χ4n) is 4.95. The maximum Gasteiger partial charge on any atom is 0.249 e. The number of sulfonamides is 1. The van der Waals surface area contributed by atoms with Crippen molar-refractivity contribution in [3.63, 3.8) is 0 Å². The van der Waals surface area contributed by atoms with Crippen molar-refractivity contribution in [2.24, 2.45) is 5.73 Å². The predicted octanol–water partition coefficient (Wildman–Crippen LogP) is 3.18. The summed E-state index contributed by atoms with van der Waals surface area (Å²) in [6.45, 7) is 3.42. The molecule has 9 heteroatoms. The number of hydrogen-bond acceptors (Lipinski definition) is 5. The summed E-state index contributed by atoms with van der Waals surface area (Å²) in [6, 6.07) is 9.52. The van der Waals surface area contributed by atoms with Crippen molar-refractivity contribution in [2.45, 2.75) is 26.2 Å². The van der Waals surface area contributed by atoms with Crippen LogP contribution in [-0.2, 0) is 21.2 Å². The molecule has 0 radical (unpaired) electrons. The maximum absolute atomic E-state index is 12.5. The lowest BCUT2D eigenvalue weighted by molar-refractivity contribution is -0.116. The smallest absolute Gasteiger partial charge is 0.249 e. The lowest BCUT2D eigenvalue weighted by atomic mass is 9.90. The Hall–Kier alpha value is -3.27. The predicted molar refractivity (Wildman–Crippen MR) is 148 cm³/mol. The average Bonchev–Trinajstić information content (AvgIpc) is 3.28. The van der Waals surface area contributed by atoms with Crippen molar-refractivity contribution in [1.29, 1.82) is 0 Å². The van der Waals surface area contributed by atoms with Gasteiger partial charge in [-0.1, -0.05) is 30.4 Å². The minimum Gasteiger partial charge on any atom is -0.366 e. The number of rotatable bonds is 8. The quantitative estimate of drug-likeness (QED) is 0.553. The second kappa shape index (κ2) is 10.6. The minimum absolute atomic E-state index is 0.0437. The summed E-state index contributed by atoms with van der Waals surface area (Å²) < 4.78 is 25.3. The molecular formula is C28H34N4O4S. The van der Waals surface area contributed by atoms with Crippen LogP contribution in [0, 0.1) is 6.92 Å². The van der Waals surface area contributed by atoms with Gasteiger partial charge in [0.15, 0.2) is 0 Å². The van der Waals surface area contributed by atoms with E-state index in [4.69, 9.17) is 5.73 Å². The molecule has 0 bridgehead atoms. The normalized spacial score (nSPS) is 15.8. The zero-order valence-corrected chi connectivity index (χ0v) is 22.6. The van der Waals surface area contributed by atoms with Crippen LogP contribution in [0.2, 0.25) is 0 Å². The Morgan fingerprint density at radius 1 is 1.11 bits per heavy atom. The topological polar surface area (TPSA) is 113 Å². The lowest BCUT2D eigenvalue weighted by Crippen LogP contribution is -2.34. The molecule has 4 rings (SSSR count). The standard InChI is InChI=1S/C28H34N4O4S/c1-18-21(6-5-7-26(18)30-27(33)12-13-31(2)3)22-8-9-23(28(29)34)25-17-20(16-24(22)25)19-10-14-32(15-11-19)37(4,35)36/h5-10,16H,11-15,17H2,1-4H3,(H2,29,34)(H,30,33).